The predicted octanol–water partition coefficient (Wildman–Crippen LogP) is 2.46. The Morgan fingerprint density at radius 3 is 2.48 bits per heavy atom. The summed E-state index contributed by atoms with van der Waals surface area (Å²) < 4.78 is 0. The number of hydrogen-bond donors (Lipinski definition) is 2. The number of H-pyrrole nitrogens is 1. The number of carbonyl (C=O) groups is 3. The van der Waals surface area contributed by atoms with Crippen molar-refractivity contribution < 1.29 is 14.4 Å². The molecule has 0 fully saturated rings. The third-order valence-corrected chi connectivity index (χ3v) is 5.94. The fraction of sp³-hybridized carbons (Fsp3) is 0.217. The lowest BCUT2D eigenvalue weighted by Gasteiger charge is -2.40. The highest BCUT2D eigenvalue weighted by molar-refractivity contribution is 6.17. The van der Waals surface area contributed by atoms with Crippen LogP contribution in [0.4, 0.5) is 5.69 Å². The van der Waals surface area contributed by atoms with Gasteiger partial charge in [-0.1, -0.05) is 30.3 Å². The normalized spacial score (nSPS) is 16.8. The number of rotatable bonds is 4. The van der Waals surface area contributed by atoms with E-state index in [1.807, 2.05) is 26.0 Å². The Kier molecular flexibility index (Phi) is 4.35. The zero-order valence-corrected chi connectivity index (χ0v) is 17.2. The van der Waals surface area contributed by atoms with E-state index in [0.29, 0.717) is 23.4 Å². The third kappa shape index (κ3) is 2.91. The van der Waals surface area contributed by atoms with Crippen molar-refractivity contribution in [2.24, 2.45) is 0 Å². The van der Waals surface area contributed by atoms with Gasteiger partial charge >= 0.3 is 0 Å². The number of para-hydroxylation sites is 1. The zero-order valence-electron chi connectivity index (χ0n) is 17.2. The molecule has 1 atom stereocenters. The van der Waals surface area contributed by atoms with Crippen LogP contribution in [0.3, 0.4) is 0 Å². The number of nitrogens with zero attached hydrogens (tertiary/aromatic N) is 3. The van der Waals surface area contributed by atoms with Crippen LogP contribution in [-0.4, -0.2) is 39.4 Å². The Labute approximate surface area is 178 Å². The number of amides is 3. The van der Waals surface area contributed by atoms with Crippen LogP contribution in [0, 0.1) is 13.8 Å². The molecule has 1 aromatic heterocycles. The minimum atomic E-state index is -0.644. The molecule has 2 aliphatic rings. The number of anilines is 1. The molecule has 8 heteroatoms. The first-order valence-corrected chi connectivity index (χ1v) is 10.1. The van der Waals surface area contributed by atoms with E-state index in [9.17, 15) is 14.4 Å². The van der Waals surface area contributed by atoms with Gasteiger partial charge in [0.1, 0.15) is 12.7 Å². The van der Waals surface area contributed by atoms with Gasteiger partial charge in [0.25, 0.3) is 11.8 Å². The van der Waals surface area contributed by atoms with Gasteiger partial charge in [0, 0.05) is 28.9 Å². The molecule has 0 bridgehead atoms. The number of aromatic amines is 1. The van der Waals surface area contributed by atoms with E-state index in [2.05, 4.69) is 15.5 Å². The number of carbonyl (C=O) groups excluding carboxylic acids is 3. The van der Waals surface area contributed by atoms with E-state index in [0.717, 1.165) is 22.5 Å². The van der Waals surface area contributed by atoms with Gasteiger partial charge < -0.3 is 10.2 Å². The van der Waals surface area contributed by atoms with Gasteiger partial charge in [-0.25, -0.2) is 0 Å². The van der Waals surface area contributed by atoms with Crippen LogP contribution >= 0.6 is 0 Å². The van der Waals surface area contributed by atoms with Crippen molar-refractivity contribution in [3.05, 3.63) is 82.2 Å². The third-order valence-electron chi connectivity index (χ3n) is 5.94. The smallest absolute Gasteiger partial charge is 0.260 e. The lowest BCUT2D eigenvalue weighted by Crippen LogP contribution is -2.51. The molecule has 3 heterocycles. The average Bonchev–Trinajstić information content (AvgIpc) is 3.26. The van der Waals surface area contributed by atoms with Crippen molar-refractivity contribution in [3.63, 3.8) is 0 Å². The lowest BCUT2D eigenvalue weighted by molar-refractivity contribution is -0.122. The van der Waals surface area contributed by atoms with Crippen LogP contribution in [0.5, 0.6) is 0 Å². The SMILES string of the molecule is Cc1n[nH]c(C)c1CNC(=O)CN1C(=O)c2ccccc2N2C(=O)c3ccccc3C12. The maximum absolute atomic E-state index is 13.3. The summed E-state index contributed by atoms with van der Waals surface area (Å²) in [5.74, 6) is -0.743. The molecule has 0 aliphatic carbocycles. The summed E-state index contributed by atoms with van der Waals surface area (Å²) in [6, 6.07) is 14.2. The lowest BCUT2D eigenvalue weighted by atomic mass is 10.0. The maximum atomic E-state index is 13.3. The van der Waals surface area contributed by atoms with E-state index in [1.54, 1.807) is 41.3 Å². The van der Waals surface area contributed by atoms with Gasteiger partial charge in [0.15, 0.2) is 0 Å². The fourth-order valence-electron chi connectivity index (χ4n) is 4.37. The largest absolute Gasteiger partial charge is 0.350 e. The van der Waals surface area contributed by atoms with E-state index in [1.165, 1.54) is 4.90 Å². The molecular formula is C23H21N5O3. The molecule has 3 aromatic rings. The van der Waals surface area contributed by atoms with Gasteiger partial charge in [-0.3, -0.25) is 24.4 Å². The van der Waals surface area contributed by atoms with Gasteiger partial charge in [0.05, 0.1) is 16.9 Å². The van der Waals surface area contributed by atoms with E-state index in [-0.39, 0.29) is 24.3 Å². The number of aromatic nitrogens is 2. The molecule has 2 aliphatic heterocycles. The molecule has 0 radical (unpaired) electrons. The number of nitrogens with one attached hydrogen (secondary N) is 2. The van der Waals surface area contributed by atoms with Crippen molar-refractivity contribution in [1.29, 1.82) is 0 Å². The molecule has 0 saturated carbocycles. The van der Waals surface area contributed by atoms with Gasteiger partial charge in [-0.05, 0) is 32.0 Å². The second-order valence-corrected chi connectivity index (χ2v) is 7.78. The fourth-order valence-corrected chi connectivity index (χ4v) is 4.37. The average molecular weight is 415 g/mol. The van der Waals surface area contributed by atoms with Gasteiger partial charge in [-0.15, -0.1) is 0 Å². The molecule has 0 spiro atoms. The van der Waals surface area contributed by atoms with Crippen LogP contribution in [-0.2, 0) is 11.3 Å². The van der Waals surface area contributed by atoms with Crippen LogP contribution in [0.15, 0.2) is 48.5 Å². The highest BCUT2D eigenvalue weighted by atomic mass is 16.2. The first-order valence-electron chi connectivity index (χ1n) is 10.1. The summed E-state index contributed by atoms with van der Waals surface area (Å²) in [4.78, 5) is 42.4. The monoisotopic (exact) mass is 415 g/mol. The molecule has 31 heavy (non-hydrogen) atoms. The minimum absolute atomic E-state index is 0.161. The van der Waals surface area contributed by atoms with Crippen LogP contribution < -0.4 is 10.2 Å². The van der Waals surface area contributed by atoms with Crippen molar-refractivity contribution >= 4 is 23.4 Å². The predicted molar refractivity (Wildman–Crippen MR) is 113 cm³/mol. The molecule has 1 unspecified atom stereocenters. The van der Waals surface area contributed by atoms with Crippen LogP contribution in [0.1, 0.15) is 49.4 Å². The maximum Gasteiger partial charge on any atom is 0.260 e. The van der Waals surface area contributed by atoms with Crippen LogP contribution in [0.25, 0.3) is 0 Å². The molecule has 0 saturated heterocycles. The summed E-state index contributed by atoms with van der Waals surface area (Å²) in [6.07, 6.45) is -0.644. The topological polar surface area (TPSA) is 98.4 Å². The molecule has 2 N–H and O–H groups in total. The van der Waals surface area contributed by atoms with E-state index >= 15 is 0 Å². The molecule has 8 nitrogen and oxygen atoms in total. The molecular weight excluding hydrogens is 394 g/mol. The number of benzene rings is 2. The number of fused-ring (bicyclic) bond motifs is 5. The van der Waals surface area contributed by atoms with E-state index in [4.69, 9.17) is 0 Å². The zero-order chi connectivity index (χ0) is 21.7. The first-order chi connectivity index (χ1) is 15.0. The standard InChI is InChI=1S/C23H21N5O3/c1-13-18(14(2)26-25-13)11-24-20(29)12-27-21-15-7-3-4-8-16(15)23(31)28(21)19-10-6-5-9-17(19)22(27)30/h3-10,21H,11-12H2,1-2H3,(H,24,29)(H,25,26). The summed E-state index contributed by atoms with van der Waals surface area (Å²) in [7, 11) is 0. The van der Waals surface area contributed by atoms with Gasteiger partial charge in [0.2, 0.25) is 5.91 Å². The van der Waals surface area contributed by atoms with Crippen molar-refractivity contribution in [2.45, 2.75) is 26.6 Å². The van der Waals surface area contributed by atoms with E-state index < -0.39 is 6.17 Å². The summed E-state index contributed by atoms with van der Waals surface area (Å²) in [5.41, 5.74) is 4.89. The highest BCUT2D eigenvalue weighted by Crippen LogP contribution is 2.44. The van der Waals surface area contributed by atoms with Crippen molar-refractivity contribution in [3.8, 4) is 0 Å². The second kappa shape index (κ2) is 7.09. The Hall–Kier alpha value is -3.94. The summed E-state index contributed by atoms with van der Waals surface area (Å²) >= 11 is 0. The Morgan fingerprint density at radius 1 is 1.03 bits per heavy atom. The summed E-state index contributed by atoms with van der Waals surface area (Å²) in [6.45, 7) is 3.92. The Bertz CT molecular complexity index is 1210. The Morgan fingerprint density at radius 2 is 1.74 bits per heavy atom. The second-order valence-electron chi connectivity index (χ2n) is 7.78. The van der Waals surface area contributed by atoms with Crippen molar-refractivity contribution in [2.75, 3.05) is 11.4 Å². The first kappa shape index (κ1) is 19.0. The highest BCUT2D eigenvalue weighted by Gasteiger charge is 2.47. The molecule has 156 valence electrons. The number of hydrogen-bond acceptors (Lipinski definition) is 4. The number of aryl methyl sites for hydroxylation is 2. The quantitative estimate of drug-likeness (QED) is 0.684. The minimum Gasteiger partial charge on any atom is -0.350 e. The molecule has 2 aromatic carbocycles. The Balaban J connectivity index is 1.47. The molecule has 5 rings (SSSR count). The van der Waals surface area contributed by atoms with Crippen molar-refractivity contribution in [1.82, 2.24) is 20.4 Å². The molecule has 3 amide bonds. The van der Waals surface area contributed by atoms with Gasteiger partial charge in [-0.2, -0.15) is 5.10 Å². The summed E-state index contributed by atoms with van der Waals surface area (Å²) in [5, 5.41) is 9.91. The van der Waals surface area contributed by atoms with Crippen LogP contribution in [0.2, 0.25) is 0 Å².